The molecule has 0 atom stereocenters. The molecule has 0 saturated heterocycles. The number of hydrogen-bond donors (Lipinski definition) is 1. The minimum atomic E-state index is -0.913. The summed E-state index contributed by atoms with van der Waals surface area (Å²) in [6, 6.07) is 0. The highest BCUT2D eigenvalue weighted by Crippen LogP contribution is 2.24. The standard InChI is InChI=1S/C8H8O5/c1-4(9)3-5-7(12-2)6(10)8(11)13-5/h3,10H,1-2H3/b5-3-. The lowest BCUT2D eigenvalue weighted by molar-refractivity contribution is -0.135. The normalized spacial score (nSPS) is 19.2. The summed E-state index contributed by atoms with van der Waals surface area (Å²) in [7, 11) is 1.27. The van der Waals surface area contributed by atoms with Gasteiger partial charge in [0.25, 0.3) is 0 Å². The highest BCUT2D eigenvalue weighted by atomic mass is 16.6. The van der Waals surface area contributed by atoms with Crippen LogP contribution in [-0.2, 0) is 19.1 Å². The summed E-state index contributed by atoms with van der Waals surface area (Å²) in [4.78, 5) is 21.4. The number of ether oxygens (including phenoxy) is 2. The number of methoxy groups -OCH3 is 1. The van der Waals surface area contributed by atoms with Crippen molar-refractivity contribution in [1.29, 1.82) is 0 Å². The molecule has 0 aromatic heterocycles. The molecule has 13 heavy (non-hydrogen) atoms. The minimum Gasteiger partial charge on any atom is -0.499 e. The van der Waals surface area contributed by atoms with Gasteiger partial charge in [-0.15, -0.1) is 0 Å². The maximum Gasteiger partial charge on any atom is 0.383 e. The first-order valence-electron chi connectivity index (χ1n) is 3.48. The van der Waals surface area contributed by atoms with Crippen molar-refractivity contribution in [3.05, 3.63) is 23.4 Å². The van der Waals surface area contributed by atoms with Crippen LogP contribution in [0.2, 0.25) is 0 Å². The van der Waals surface area contributed by atoms with Crippen LogP contribution in [0.3, 0.4) is 0 Å². The Morgan fingerprint density at radius 3 is 2.69 bits per heavy atom. The van der Waals surface area contributed by atoms with E-state index in [4.69, 9.17) is 5.11 Å². The second kappa shape index (κ2) is 3.30. The van der Waals surface area contributed by atoms with Crippen molar-refractivity contribution >= 4 is 11.8 Å². The van der Waals surface area contributed by atoms with Gasteiger partial charge in [0.05, 0.1) is 7.11 Å². The second-order valence-corrected chi connectivity index (χ2v) is 2.39. The highest BCUT2D eigenvalue weighted by molar-refractivity contribution is 5.95. The lowest BCUT2D eigenvalue weighted by atomic mass is 10.3. The zero-order valence-corrected chi connectivity index (χ0v) is 7.16. The number of hydrogen-bond acceptors (Lipinski definition) is 5. The van der Waals surface area contributed by atoms with Crippen LogP contribution < -0.4 is 0 Å². The van der Waals surface area contributed by atoms with Crippen molar-refractivity contribution < 1.29 is 24.2 Å². The molecule has 5 nitrogen and oxygen atoms in total. The van der Waals surface area contributed by atoms with Crippen LogP contribution in [-0.4, -0.2) is 24.0 Å². The number of carbonyl (C=O) groups excluding carboxylic acids is 2. The first kappa shape index (κ1) is 9.31. The van der Waals surface area contributed by atoms with E-state index in [9.17, 15) is 9.59 Å². The van der Waals surface area contributed by atoms with Crippen LogP contribution >= 0.6 is 0 Å². The van der Waals surface area contributed by atoms with Crippen molar-refractivity contribution in [2.45, 2.75) is 6.92 Å². The Labute approximate surface area is 74.3 Å². The molecule has 1 rings (SSSR count). The zero-order valence-electron chi connectivity index (χ0n) is 7.16. The third-order valence-corrected chi connectivity index (χ3v) is 1.37. The van der Waals surface area contributed by atoms with Crippen molar-refractivity contribution in [3.8, 4) is 0 Å². The summed E-state index contributed by atoms with van der Waals surface area (Å²) in [6.07, 6.45) is 1.07. The van der Waals surface area contributed by atoms with Crippen LogP contribution in [0.5, 0.6) is 0 Å². The summed E-state index contributed by atoms with van der Waals surface area (Å²) in [5.41, 5.74) is 0. The number of rotatable bonds is 2. The van der Waals surface area contributed by atoms with Crippen LogP contribution in [0.1, 0.15) is 6.92 Å². The molecule has 0 amide bonds. The monoisotopic (exact) mass is 184 g/mol. The predicted molar refractivity (Wildman–Crippen MR) is 41.5 cm³/mol. The Morgan fingerprint density at radius 2 is 2.23 bits per heavy atom. The fraction of sp³-hybridized carbons (Fsp3) is 0.250. The molecule has 1 aliphatic heterocycles. The van der Waals surface area contributed by atoms with E-state index in [-0.39, 0.29) is 17.3 Å². The van der Waals surface area contributed by atoms with E-state index in [0.29, 0.717) is 0 Å². The molecule has 0 unspecified atom stereocenters. The number of aliphatic hydroxyl groups excluding tert-OH is 1. The smallest absolute Gasteiger partial charge is 0.383 e. The fourth-order valence-electron chi connectivity index (χ4n) is 0.881. The van der Waals surface area contributed by atoms with E-state index >= 15 is 0 Å². The molecule has 1 heterocycles. The van der Waals surface area contributed by atoms with Crippen molar-refractivity contribution in [2.75, 3.05) is 7.11 Å². The molecule has 70 valence electrons. The van der Waals surface area contributed by atoms with E-state index < -0.39 is 11.7 Å². The number of carbonyl (C=O) groups is 2. The third kappa shape index (κ3) is 1.69. The molecule has 1 aliphatic rings. The number of allylic oxidation sites excluding steroid dienone is 1. The molecular weight excluding hydrogens is 176 g/mol. The van der Waals surface area contributed by atoms with Gasteiger partial charge in [-0.05, 0) is 6.92 Å². The molecule has 0 spiro atoms. The SMILES string of the molecule is COC1=C(O)C(=O)O/C1=C\C(C)=O. The molecule has 0 aliphatic carbocycles. The first-order valence-corrected chi connectivity index (χ1v) is 3.48. The van der Waals surface area contributed by atoms with Gasteiger partial charge in [0.15, 0.2) is 11.5 Å². The van der Waals surface area contributed by atoms with Gasteiger partial charge >= 0.3 is 5.97 Å². The van der Waals surface area contributed by atoms with Gasteiger partial charge in [-0.2, -0.15) is 0 Å². The number of aliphatic hydroxyl groups is 1. The summed E-state index contributed by atoms with van der Waals surface area (Å²) in [5, 5.41) is 9.07. The van der Waals surface area contributed by atoms with E-state index in [1.54, 1.807) is 0 Å². The lowest BCUT2D eigenvalue weighted by Gasteiger charge is -1.99. The molecule has 0 bridgehead atoms. The third-order valence-electron chi connectivity index (χ3n) is 1.37. The van der Waals surface area contributed by atoms with Crippen LogP contribution in [0.4, 0.5) is 0 Å². The van der Waals surface area contributed by atoms with Crippen molar-refractivity contribution in [1.82, 2.24) is 0 Å². The van der Waals surface area contributed by atoms with Crippen LogP contribution in [0, 0.1) is 0 Å². The Balaban J connectivity index is 3.06. The molecule has 1 N–H and O–H groups in total. The van der Waals surface area contributed by atoms with Gasteiger partial charge in [-0.25, -0.2) is 4.79 Å². The van der Waals surface area contributed by atoms with E-state index in [1.807, 2.05) is 0 Å². The average molecular weight is 184 g/mol. The van der Waals surface area contributed by atoms with Gasteiger partial charge in [0.2, 0.25) is 11.5 Å². The molecule has 0 fully saturated rings. The van der Waals surface area contributed by atoms with E-state index in [1.165, 1.54) is 14.0 Å². The summed E-state index contributed by atoms with van der Waals surface area (Å²) in [5.74, 6) is -2.00. The fourth-order valence-corrected chi connectivity index (χ4v) is 0.881. The lowest BCUT2D eigenvalue weighted by Crippen LogP contribution is -1.97. The molecule has 5 heteroatoms. The van der Waals surface area contributed by atoms with E-state index in [2.05, 4.69) is 9.47 Å². The average Bonchev–Trinajstić information content (AvgIpc) is 2.27. The van der Waals surface area contributed by atoms with Crippen LogP contribution in [0.15, 0.2) is 23.4 Å². The maximum atomic E-state index is 10.8. The van der Waals surface area contributed by atoms with Gasteiger partial charge < -0.3 is 14.6 Å². The Hall–Kier alpha value is -1.78. The number of cyclic esters (lactones) is 1. The Kier molecular flexibility index (Phi) is 2.36. The molecule has 0 aromatic carbocycles. The van der Waals surface area contributed by atoms with Gasteiger partial charge in [0.1, 0.15) is 0 Å². The summed E-state index contributed by atoms with van der Waals surface area (Å²) < 4.78 is 9.21. The van der Waals surface area contributed by atoms with Gasteiger partial charge in [-0.1, -0.05) is 0 Å². The Morgan fingerprint density at radius 1 is 1.62 bits per heavy atom. The second-order valence-electron chi connectivity index (χ2n) is 2.39. The summed E-state index contributed by atoms with van der Waals surface area (Å²) in [6.45, 7) is 1.30. The molecule has 0 radical (unpaired) electrons. The van der Waals surface area contributed by atoms with E-state index in [0.717, 1.165) is 6.08 Å². The minimum absolute atomic E-state index is 0.0579. The Bertz CT molecular complexity index is 323. The van der Waals surface area contributed by atoms with Crippen LogP contribution in [0.25, 0.3) is 0 Å². The first-order chi connectivity index (χ1) is 6.06. The quantitative estimate of drug-likeness (QED) is 0.497. The zero-order chi connectivity index (χ0) is 10.0. The molecule has 0 saturated carbocycles. The largest absolute Gasteiger partial charge is 0.499 e. The van der Waals surface area contributed by atoms with Gasteiger partial charge in [0, 0.05) is 6.08 Å². The highest BCUT2D eigenvalue weighted by Gasteiger charge is 2.31. The molecule has 0 aromatic rings. The topological polar surface area (TPSA) is 72.8 Å². The molecular formula is C8H8O5. The van der Waals surface area contributed by atoms with Crippen molar-refractivity contribution in [3.63, 3.8) is 0 Å². The predicted octanol–water partition coefficient (Wildman–Crippen LogP) is 0.432. The number of ketones is 1. The van der Waals surface area contributed by atoms with Crippen molar-refractivity contribution in [2.24, 2.45) is 0 Å². The number of esters is 1. The summed E-state index contributed by atoms with van der Waals surface area (Å²) >= 11 is 0. The maximum absolute atomic E-state index is 10.8. The van der Waals surface area contributed by atoms with Gasteiger partial charge in [-0.3, -0.25) is 4.79 Å².